The third-order valence-corrected chi connectivity index (χ3v) is 4.00. The van der Waals surface area contributed by atoms with Gasteiger partial charge in [0.05, 0.1) is 0 Å². The van der Waals surface area contributed by atoms with Crippen LogP contribution in [-0.4, -0.2) is 24.1 Å². The molecule has 0 radical (unpaired) electrons. The summed E-state index contributed by atoms with van der Waals surface area (Å²) in [7, 11) is 0. The van der Waals surface area contributed by atoms with E-state index < -0.39 is 24.1 Å². The highest BCUT2D eigenvalue weighted by Crippen LogP contribution is 2.17. The number of anilines is 1. The molecule has 0 aromatic heterocycles. The first-order valence-electron chi connectivity index (χ1n) is 8.41. The van der Waals surface area contributed by atoms with Crippen molar-refractivity contribution in [3.05, 3.63) is 59.1 Å². The summed E-state index contributed by atoms with van der Waals surface area (Å²) in [5.74, 6) is -0.530. The van der Waals surface area contributed by atoms with Gasteiger partial charge in [0.25, 0.3) is 5.91 Å². The summed E-state index contributed by atoms with van der Waals surface area (Å²) in [4.78, 5) is 24.3. The van der Waals surface area contributed by atoms with Crippen molar-refractivity contribution in [1.82, 2.24) is 0 Å². The van der Waals surface area contributed by atoms with Gasteiger partial charge in [0, 0.05) is 10.7 Å². The number of carbonyl (C=O) groups excluding carboxylic acids is 2. The van der Waals surface area contributed by atoms with Gasteiger partial charge in [0.1, 0.15) is 5.75 Å². The van der Waals surface area contributed by atoms with Gasteiger partial charge in [-0.2, -0.15) is 0 Å². The van der Waals surface area contributed by atoms with E-state index in [1.807, 2.05) is 24.3 Å². The number of ether oxygens (including phenoxy) is 2. The van der Waals surface area contributed by atoms with Crippen molar-refractivity contribution in [2.45, 2.75) is 39.4 Å². The molecule has 2 aromatic carbocycles. The van der Waals surface area contributed by atoms with Gasteiger partial charge in [-0.1, -0.05) is 30.7 Å². The molecule has 26 heavy (non-hydrogen) atoms. The van der Waals surface area contributed by atoms with E-state index in [-0.39, 0.29) is 0 Å². The summed E-state index contributed by atoms with van der Waals surface area (Å²) in [5.41, 5.74) is 1.83. The predicted octanol–water partition coefficient (Wildman–Crippen LogP) is 4.24. The Hall–Kier alpha value is -2.53. The van der Waals surface area contributed by atoms with E-state index in [0.29, 0.717) is 16.5 Å². The lowest BCUT2D eigenvalue weighted by atomic mass is 10.1. The number of rotatable bonds is 7. The van der Waals surface area contributed by atoms with Gasteiger partial charge in [-0.3, -0.25) is 4.79 Å². The van der Waals surface area contributed by atoms with Crippen LogP contribution in [0.15, 0.2) is 48.5 Å². The van der Waals surface area contributed by atoms with Crippen LogP contribution in [0.4, 0.5) is 5.69 Å². The van der Waals surface area contributed by atoms with E-state index in [4.69, 9.17) is 21.1 Å². The number of carbonyl (C=O) groups is 2. The van der Waals surface area contributed by atoms with Gasteiger partial charge >= 0.3 is 5.97 Å². The van der Waals surface area contributed by atoms with Crippen LogP contribution in [0.2, 0.25) is 5.02 Å². The molecule has 0 aliphatic heterocycles. The number of benzene rings is 2. The molecule has 0 saturated heterocycles. The van der Waals surface area contributed by atoms with Crippen LogP contribution in [0.5, 0.6) is 5.75 Å². The van der Waals surface area contributed by atoms with E-state index in [1.165, 1.54) is 12.5 Å². The third kappa shape index (κ3) is 5.77. The Balaban J connectivity index is 1.86. The molecular weight excluding hydrogens is 354 g/mol. The summed E-state index contributed by atoms with van der Waals surface area (Å²) in [6.07, 6.45) is -0.867. The minimum absolute atomic E-state index is 0.402. The Morgan fingerprint density at radius 3 is 2.19 bits per heavy atom. The second-order valence-electron chi connectivity index (χ2n) is 5.83. The van der Waals surface area contributed by atoms with Crippen LogP contribution in [0.3, 0.4) is 0 Å². The predicted molar refractivity (Wildman–Crippen MR) is 102 cm³/mol. The van der Waals surface area contributed by atoms with Crippen molar-refractivity contribution in [2.24, 2.45) is 0 Å². The highest BCUT2D eigenvalue weighted by atomic mass is 35.5. The van der Waals surface area contributed by atoms with Gasteiger partial charge in [0.2, 0.25) is 0 Å². The van der Waals surface area contributed by atoms with Gasteiger partial charge in [0.15, 0.2) is 12.2 Å². The summed E-state index contributed by atoms with van der Waals surface area (Å²) in [5, 5.41) is 3.30. The first-order chi connectivity index (χ1) is 12.4. The molecule has 2 aromatic rings. The van der Waals surface area contributed by atoms with Crippen molar-refractivity contribution < 1.29 is 19.1 Å². The number of hydrogen-bond donors (Lipinski definition) is 1. The minimum Gasteiger partial charge on any atom is -0.479 e. The fourth-order valence-electron chi connectivity index (χ4n) is 2.16. The molecule has 0 fully saturated rings. The van der Waals surface area contributed by atoms with Crippen LogP contribution in [0.25, 0.3) is 0 Å². The Bertz CT molecular complexity index is 743. The molecule has 0 saturated carbocycles. The molecule has 1 amide bonds. The van der Waals surface area contributed by atoms with Gasteiger partial charge in [-0.25, -0.2) is 4.79 Å². The lowest BCUT2D eigenvalue weighted by Gasteiger charge is -2.18. The second kappa shape index (κ2) is 9.25. The van der Waals surface area contributed by atoms with E-state index in [9.17, 15) is 9.59 Å². The Kier molecular flexibility index (Phi) is 7.04. The Morgan fingerprint density at radius 1 is 1.00 bits per heavy atom. The number of halogens is 1. The fraction of sp³-hybridized carbons (Fsp3) is 0.300. The van der Waals surface area contributed by atoms with E-state index in [1.54, 1.807) is 31.2 Å². The first kappa shape index (κ1) is 19.8. The molecule has 5 nitrogen and oxygen atoms in total. The fourth-order valence-corrected chi connectivity index (χ4v) is 2.28. The number of nitrogens with one attached hydrogen (secondary N) is 1. The smallest absolute Gasteiger partial charge is 0.347 e. The molecule has 2 unspecified atom stereocenters. The zero-order valence-corrected chi connectivity index (χ0v) is 15.7. The Morgan fingerprint density at radius 2 is 1.62 bits per heavy atom. The minimum atomic E-state index is -0.940. The average molecular weight is 376 g/mol. The number of hydrogen-bond acceptors (Lipinski definition) is 4. The standard InChI is InChI=1S/C20H22ClNO4/c1-4-15-5-9-17(10-6-15)22-19(23)13(2)26-20(24)14(3)25-18-11-7-16(21)8-12-18/h5-14H,4H2,1-3H3,(H,22,23). The number of amides is 1. The Labute approximate surface area is 158 Å². The summed E-state index contributed by atoms with van der Waals surface area (Å²) in [6.45, 7) is 5.14. The highest BCUT2D eigenvalue weighted by molar-refractivity contribution is 6.30. The second-order valence-corrected chi connectivity index (χ2v) is 6.27. The van der Waals surface area contributed by atoms with Crippen molar-refractivity contribution >= 4 is 29.2 Å². The molecular formula is C20H22ClNO4. The normalized spacial score (nSPS) is 12.8. The highest BCUT2D eigenvalue weighted by Gasteiger charge is 2.23. The monoisotopic (exact) mass is 375 g/mol. The summed E-state index contributed by atoms with van der Waals surface area (Å²) < 4.78 is 10.7. The zero-order chi connectivity index (χ0) is 19.1. The molecule has 0 aliphatic rings. The maximum Gasteiger partial charge on any atom is 0.347 e. The van der Waals surface area contributed by atoms with Crippen LogP contribution in [-0.2, 0) is 20.7 Å². The van der Waals surface area contributed by atoms with E-state index >= 15 is 0 Å². The number of aryl methyl sites for hydroxylation is 1. The quantitative estimate of drug-likeness (QED) is 0.735. The van der Waals surface area contributed by atoms with Crippen LogP contribution >= 0.6 is 11.6 Å². The van der Waals surface area contributed by atoms with Crippen molar-refractivity contribution in [1.29, 1.82) is 0 Å². The van der Waals surface area contributed by atoms with E-state index in [0.717, 1.165) is 6.42 Å². The van der Waals surface area contributed by atoms with Crippen molar-refractivity contribution in [3.63, 3.8) is 0 Å². The molecule has 2 atom stereocenters. The molecule has 0 aliphatic carbocycles. The first-order valence-corrected chi connectivity index (χ1v) is 8.79. The summed E-state index contributed by atoms with van der Waals surface area (Å²) >= 11 is 5.81. The molecule has 6 heteroatoms. The molecule has 138 valence electrons. The molecule has 0 heterocycles. The van der Waals surface area contributed by atoms with Crippen LogP contribution in [0, 0.1) is 0 Å². The molecule has 2 rings (SSSR count). The maximum atomic E-state index is 12.2. The summed E-state index contributed by atoms with van der Waals surface area (Å²) in [6, 6.07) is 14.1. The van der Waals surface area contributed by atoms with Gasteiger partial charge < -0.3 is 14.8 Å². The number of esters is 1. The zero-order valence-electron chi connectivity index (χ0n) is 15.0. The lowest BCUT2D eigenvalue weighted by Crippen LogP contribution is -2.35. The van der Waals surface area contributed by atoms with Crippen molar-refractivity contribution in [2.75, 3.05) is 5.32 Å². The maximum absolute atomic E-state index is 12.2. The average Bonchev–Trinajstić information content (AvgIpc) is 2.64. The lowest BCUT2D eigenvalue weighted by molar-refractivity contribution is -0.159. The third-order valence-electron chi connectivity index (χ3n) is 3.75. The van der Waals surface area contributed by atoms with Gasteiger partial charge in [-0.05, 0) is 62.2 Å². The molecule has 0 spiro atoms. The topological polar surface area (TPSA) is 64.6 Å². The van der Waals surface area contributed by atoms with Gasteiger partial charge in [-0.15, -0.1) is 0 Å². The molecule has 0 bridgehead atoms. The largest absolute Gasteiger partial charge is 0.479 e. The van der Waals surface area contributed by atoms with Crippen molar-refractivity contribution in [3.8, 4) is 5.75 Å². The van der Waals surface area contributed by atoms with Crippen LogP contribution < -0.4 is 10.1 Å². The SMILES string of the molecule is CCc1ccc(NC(=O)C(C)OC(=O)C(C)Oc2ccc(Cl)cc2)cc1. The van der Waals surface area contributed by atoms with E-state index in [2.05, 4.69) is 12.2 Å². The van der Waals surface area contributed by atoms with Crippen LogP contribution in [0.1, 0.15) is 26.3 Å². The molecule has 1 N–H and O–H groups in total.